The van der Waals surface area contributed by atoms with E-state index in [4.69, 9.17) is 0 Å². The SMILES string of the molecule is Cc1c(-c2c3ccc4cc(-n5c6ccccc6c6ccccc65)ccc4c3cc[n+]2C)ccc2ccccc12. The molecule has 2 nitrogen and oxygen atoms in total. The molecule has 2 heterocycles. The summed E-state index contributed by atoms with van der Waals surface area (Å²) in [6, 6.07) is 44.3. The fourth-order valence-corrected chi connectivity index (χ4v) is 6.54. The Bertz CT molecular complexity index is 2200. The van der Waals surface area contributed by atoms with Crippen LogP contribution >= 0.6 is 0 Å². The van der Waals surface area contributed by atoms with Gasteiger partial charge in [-0.3, -0.25) is 0 Å². The molecule has 0 N–H and O–H groups in total. The highest BCUT2D eigenvalue weighted by Gasteiger charge is 2.20. The van der Waals surface area contributed by atoms with Crippen molar-refractivity contribution < 1.29 is 4.57 Å². The first kappa shape index (κ1) is 22.1. The molecule has 0 saturated heterocycles. The summed E-state index contributed by atoms with van der Waals surface area (Å²) in [5.41, 5.74) is 7.51. The molecule has 6 aromatic carbocycles. The van der Waals surface area contributed by atoms with E-state index in [0.29, 0.717) is 0 Å². The lowest BCUT2D eigenvalue weighted by molar-refractivity contribution is -0.659. The normalized spacial score (nSPS) is 11.8. The van der Waals surface area contributed by atoms with E-state index in [1.54, 1.807) is 0 Å². The quantitative estimate of drug-likeness (QED) is 0.166. The maximum absolute atomic E-state index is 2.39. The second kappa shape index (κ2) is 8.28. The van der Waals surface area contributed by atoms with Crippen LogP contribution in [-0.2, 0) is 7.05 Å². The van der Waals surface area contributed by atoms with Crippen LogP contribution in [0.15, 0.2) is 128 Å². The van der Waals surface area contributed by atoms with E-state index in [1.807, 2.05) is 0 Å². The van der Waals surface area contributed by atoms with Gasteiger partial charge in [0, 0.05) is 27.9 Å². The number of rotatable bonds is 2. The van der Waals surface area contributed by atoms with Gasteiger partial charge in [0.15, 0.2) is 6.20 Å². The zero-order valence-electron chi connectivity index (χ0n) is 22.0. The molecule has 8 rings (SSSR count). The molecule has 0 unspecified atom stereocenters. The molecular weight excluding hydrogens is 472 g/mol. The van der Waals surface area contributed by atoms with Crippen LogP contribution in [0.25, 0.3) is 71.1 Å². The first-order chi connectivity index (χ1) is 19.2. The van der Waals surface area contributed by atoms with Gasteiger partial charge in [0.05, 0.1) is 22.0 Å². The summed E-state index contributed by atoms with van der Waals surface area (Å²) in [6.07, 6.45) is 2.20. The van der Waals surface area contributed by atoms with Crippen molar-refractivity contribution in [3.05, 3.63) is 133 Å². The smallest absolute Gasteiger partial charge is 0.220 e. The predicted octanol–water partition coefficient (Wildman–Crippen LogP) is 9.04. The molecular formula is C37H27N2+. The van der Waals surface area contributed by atoms with Crippen molar-refractivity contribution in [1.29, 1.82) is 0 Å². The van der Waals surface area contributed by atoms with Crippen molar-refractivity contribution >= 4 is 54.1 Å². The Labute approximate surface area is 227 Å². The molecule has 0 saturated carbocycles. The van der Waals surface area contributed by atoms with Crippen LogP contribution in [-0.4, -0.2) is 4.57 Å². The summed E-state index contributed by atoms with van der Waals surface area (Å²) >= 11 is 0. The molecule has 0 aliphatic carbocycles. The van der Waals surface area contributed by atoms with Gasteiger partial charge in [-0.25, -0.2) is 4.57 Å². The first-order valence-corrected chi connectivity index (χ1v) is 13.5. The van der Waals surface area contributed by atoms with Gasteiger partial charge in [0.25, 0.3) is 0 Å². The Balaban J connectivity index is 1.37. The standard InChI is InChI=1S/C37H27N2/c1-24-28-10-4-3-9-25(28)15-18-29(24)37-34-19-16-26-23-27(17-20-30(26)31(34)21-22-38(37)2)39-35-13-7-5-11-32(35)33-12-6-8-14-36(33)39/h3-23H,1-2H3/q+1. The second-order valence-electron chi connectivity index (χ2n) is 10.5. The van der Waals surface area contributed by atoms with Gasteiger partial charge in [-0.2, -0.15) is 0 Å². The molecule has 8 aromatic rings. The van der Waals surface area contributed by atoms with Crippen molar-refractivity contribution in [1.82, 2.24) is 4.57 Å². The molecule has 0 aliphatic rings. The third-order valence-electron chi connectivity index (χ3n) is 8.41. The van der Waals surface area contributed by atoms with Crippen LogP contribution in [0.4, 0.5) is 0 Å². The number of hydrogen-bond donors (Lipinski definition) is 0. The lowest BCUT2D eigenvalue weighted by atomic mass is 9.93. The highest BCUT2D eigenvalue weighted by atomic mass is 15.0. The maximum Gasteiger partial charge on any atom is 0.220 e. The lowest BCUT2D eigenvalue weighted by Gasteiger charge is -2.13. The lowest BCUT2D eigenvalue weighted by Crippen LogP contribution is -2.30. The fraction of sp³-hybridized carbons (Fsp3) is 0.0541. The Morgan fingerprint density at radius 1 is 0.513 bits per heavy atom. The highest BCUT2D eigenvalue weighted by molar-refractivity contribution is 6.13. The summed E-state index contributed by atoms with van der Waals surface area (Å²) in [5, 5.41) is 10.2. The number of benzene rings is 6. The van der Waals surface area contributed by atoms with Crippen LogP contribution in [0.5, 0.6) is 0 Å². The van der Waals surface area contributed by atoms with Gasteiger partial charge in [0.2, 0.25) is 5.69 Å². The van der Waals surface area contributed by atoms with E-state index in [1.165, 1.54) is 76.6 Å². The molecule has 0 fully saturated rings. The summed E-state index contributed by atoms with van der Waals surface area (Å²) in [5.74, 6) is 0. The predicted molar refractivity (Wildman–Crippen MR) is 165 cm³/mol. The largest absolute Gasteiger partial charge is 0.309 e. The van der Waals surface area contributed by atoms with Crippen LogP contribution < -0.4 is 4.57 Å². The molecule has 0 amide bonds. The fourth-order valence-electron chi connectivity index (χ4n) is 6.54. The van der Waals surface area contributed by atoms with E-state index >= 15 is 0 Å². The molecule has 0 spiro atoms. The van der Waals surface area contributed by atoms with Crippen LogP contribution in [0, 0.1) is 6.92 Å². The molecule has 39 heavy (non-hydrogen) atoms. The molecule has 0 bridgehead atoms. The zero-order valence-corrected chi connectivity index (χ0v) is 22.0. The number of pyridine rings is 1. The van der Waals surface area contributed by atoms with E-state index in [9.17, 15) is 0 Å². The van der Waals surface area contributed by atoms with Crippen LogP contribution in [0.2, 0.25) is 0 Å². The third-order valence-corrected chi connectivity index (χ3v) is 8.41. The molecule has 2 aromatic heterocycles. The van der Waals surface area contributed by atoms with Crippen LogP contribution in [0.3, 0.4) is 0 Å². The van der Waals surface area contributed by atoms with Crippen molar-refractivity contribution in [2.45, 2.75) is 6.92 Å². The summed E-state index contributed by atoms with van der Waals surface area (Å²) in [4.78, 5) is 0. The number of aromatic nitrogens is 2. The maximum atomic E-state index is 2.39. The van der Waals surface area contributed by atoms with Crippen molar-refractivity contribution in [2.75, 3.05) is 0 Å². The second-order valence-corrected chi connectivity index (χ2v) is 10.5. The van der Waals surface area contributed by atoms with Gasteiger partial charge in [-0.05, 0) is 70.4 Å². The number of hydrogen-bond acceptors (Lipinski definition) is 0. The number of nitrogens with zero attached hydrogens (tertiary/aromatic N) is 2. The van der Waals surface area contributed by atoms with Gasteiger partial charge < -0.3 is 4.57 Å². The minimum atomic E-state index is 1.19. The van der Waals surface area contributed by atoms with Gasteiger partial charge >= 0.3 is 0 Å². The van der Waals surface area contributed by atoms with E-state index in [0.717, 1.165) is 0 Å². The minimum Gasteiger partial charge on any atom is -0.309 e. The Kier molecular flexibility index (Phi) is 4.68. The van der Waals surface area contributed by atoms with Crippen molar-refractivity contribution in [3.8, 4) is 16.9 Å². The van der Waals surface area contributed by atoms with Crippen molar-refractivity contribution in [2.24, 2.45) is 7.05 Å². The molecule has 0 atom stereocenters. The average molecular weight is 500 g/mol. The molecule has 2 heteroatoms. The Hall–Kier alpha value is -4.95. The van der Waals surface area contributed by atoms with Gasteiger partial charge in [-0.15, -0.1) is 0 Å². The zero-order chi connectivity index (χ0) is 26.1. The van der Waals surface area contributed by atoms with Gasteiger partial charge in [0.1, 0.15) is 7.05 Å². The summed E-state index contributed by atoms with van der Waals surface area (Å²) < 4.78 is 4.65. The number of para-hydroxylation sites is 2. The first-order valence-electron chi connectivity index (χ1n) is 13.5. The van der Waals surface area contributed by atoms with E-state index in [-0.39, 0.29) is 0 Å². The van der Waals surface area contributed by atoms with Crippen molar-refractivity contribution in [3.63, 3.8) is 0 Å². The Morgan fingerprint density at radius 3 is 1.92 bits per heavy atom. The monoisotopic (exact) mass is 499 g/mol. The van der Waals surface area contributed by atoms with Gasteiger partial charge in [-0.1, -0.05) is 78.9 Å². The highest BCUT2D eigenvalue weighted by Crippen LogP contribution is 2.37. The number of aryl methyl sites for hydroxylation is 2. The number of fused-ring (bicyclic) bond motifs is 7. The van der Waals surface area contributed by atoms with E-state index < -0.39 is 0 Å². The third kappa shape index (κ3) is 3.18. The minimum absolute atomic E-state index is 1.19. The van der Waals surface area contributed by atoms with E-state index in [2.05, 4.69) is 151 Å². The summed E-state index contributed by atoms with van der Waals surface area (Å²) in [6.45, 7) is 2.25. The average Bonchev–Trinajstić information content (AvgIpc) is 3.32. The Morgan fingerprint density at radius 2 is 1.15 bits per heavy atom. The molecule has 184 valence electrons. The van der Waals surface area contributed by atoms with Crippen LogP contribution in [0.1, 0.15) is 5.56 Å². The topological polar surface area (TPSA) is 8.81 Å². The summed E-state index contributed by atoms with van der Waals surface area (Å²) in [7, 11) is 2.15. The molecule has 0 radical (unpaired) electrons. The molecule has 0 aliphatic heterocycles.